The van der Waals surface area contributed by atoms with Crippen LogP contribution in [-0.2, 0) is 0 Å². The molecule has 11 heavy (non-hydrogen) atoms. The van der Waals surface area contributed by atoms with Crippen molar-refractivity contribution < 1.29 is 13.2 Å². The van der Waals surface area contributed by atoms with E-state index in [-0.39, 0.29) is 19.0 Å². The van der Waals surface area contributed by atoms with Gasteiger partial charge in [-0.2, -0.15) is 13.2 Å². The van der Waals surface area contributed by atoms with E-state index in [4.69, 9.17) is 5.73 Å². The van der Waals surface area contributed by atoms with Crippen molar-refractivity contribution in [3.05, 3.63) is 0 Å². The number of hydrogen-bond donors (Lipinski definition) is 2. The van der Waals surface area contributed by atoms with Crippen molar-refractivity contribution in [3.8, 4) is 0 Å². The van der Waals surface area contributed by atoms with Crippen LogP contribution in [0.2, 0.25) is 0 Å². The maximum absolute atomic E-state index is 12.0. The second kappa shape index (κ2) is 2.98. The third kappa shape index (κ3) is 2.34. The van der Waals surface area contributed by atoms with Crippen molar-refractivity contribution in [1.82, 2.24) is 5.32 Å². The van der Waals surface area contributed by atoms with Crippen molar-refractivity contribution in [2.24, 2.45) is 11.7 Å². The standard InChI is InChI=1S/C6H11F3N2/c7-6(8,9)4-1-5(10)3-11-2-4/h4-5,11H,1-3,10H2/t4-,5-/m1/s1. The SMILES string of the molecule is N[C@H]1CNC[C@H](C(F)(F)F)C1. The zero-order valence-electron chi connectivity index (χ0n) is 5.99. The zero-order chi connectivity index (χ0) is 8.48. The molecule has 0 aliphatic carbocycles. The van der Waals surface area contributed by atoms with Crippen molar-refractivity contribution in [3.63, 3.8) is 0 Å². The van der Waals surface area contributed by atoms with Crippen LogP contribution >= 0.6 is 0 Å². The Bertz CT molecular complexity index is 134. The van der Waals surface area contributed by atoms with Gasteiger partial charge in [0.1, 0.15) is 0 Å². The summed E-state index contributed by atoms with van der Waals surface area (Å²) in [5.41, 5.74) is 5.36. The van der Waals surface area contributed by atoms with Gasteiger partial charge >= 0.3 is 6.18 Å². The fourth-order valence-corrected chi connectivity index (χ4v) is 1.22. The van der Waals surface area contributed by atoms with Crippen LogP contribution in [0.5, 0.6) is 0 Å². The van der Waals surface area contributed by atoms with E-state index in [9.17, 15) is 13.2 Å². The fourth-order valence-electron chi connectivity index (χ4n) is 1.22. The summed E-state index contributed by atoms with van der Waals surface area (Å²) in [6.07, 6.45) is -4.04. The largest absolute Gasteiger partial charge is 0.393 e. The lowest BCUT2D eigenvalue weighted by molar-refractivity contribution is -0.179. The van der Waals surface area contributed by atoms with E-state index in [1.165, 1.54) is 0 Å². The molecule has 0 radical (unpaired) electrons. The molecule has 0 saturated carbocycles. The van der Waals surface area contributed by atoms with E-state index < -0.39 is 12.1 Å². The monoisotopic (exact) mass is 168 g/mol. The van der Waals surface area contributed by atoms with Gasteiger partial charge < -0.3 is 11.1 Å². The highest BCUT2D eigenvalue weighted by molar-refractivity contribution is 4.82. The molecule has 0 amide bonds. The minimum atomic E-state index is -4.09. The van der Waals surface area contributed by atoms with E-state index in [0.29, 0.717) is 6.54 Å². The van der Waals surface area contributed by atoms with Crippen LogP contribution in [0.3, 0.4) is 0 Å². The third-order valence-electron chi connectivity index (χ3n) is 1.85. The molecule has 2 atom stereocenters. The molecule has 1 saturated heterocycles. The Hall–Kier alpha value is -0.290. The highest BCUT2D eigenvalue weighted by atomic mass is 19.4. The highest BCUT2D eigenvalue weighted by Gasteiger charge is 2.41. The Labute approximate surface area is 62.9 Å². The van der Waals surface area contributed by atoms with Gasteiger partial charge in [0.25, 0.3) is 0 Å². The van der Waals surface area contributed by atoms with Crippen molar-refractivity contribution in [2.45, 2.75) is 18.6 Å². The lowest BCUT2D eigenvalue weighted by Crippen LogP contribution is -2.48. The second-order valence-corrected chi connectivity index (χ2v) is 2.89. The topological polar surface area (TPSA) is 38.0 Å². The summed E-state index contributed by atoms with van der Waals surface area (Å²) >= 11 is 0. The average molecular weight is 168 g/mol. The summed E-state index contributed by atoms with van der Waals surface area (Å²) in [6, 6.07) is -0.352. The van der Waals surface area contributed by atoms with Gasteiger partial charge in [-0.15, -0.1) is 0 Å². The maximum atomic E-state index is 12.0. The predicted octanol–water partition coefficient (Wildman–Crippen LogP) is 0.485. The summed E-state index contributed by atoms with van der Waals surface area (Å²) in [7, 11) is 0. The zero-order valence-corrected chi connectivity index (χ0v) is 5.99. The molecule has 1 rings (SSSR count). The smallest absolute Gasteiger partial charge is 0.327 e. The van der Waals surface area contributed by atoms with Gasteiger partial charge in [-0.05, 0) is 6.42 Å². The van der Waals surface area contributed by atoms with Gasteiger partial charge in [-0.3, -0.25) is 0 Å². The summed E-state index contributed by atoms with van der Waals surface area (Å²) in [4.78, 5) is 0. The quantitative estimate of drug-likeness (QED) is 0.552. The van der Waals surface area contributed by atoms with Crippen molar-refractivity contribution in [2.75, 3.05) is 13.1 Å². The van der Waals surface area contributed by atoms with E-state index in [1.54, 1.807) is 0 Å². The van der Waals surface area contributed by atoms with E-state index in [0.717, 1.165) is 0 Å². The van der Waals surface area contributed by atoms with E-state index >= 15 is 0 Å². The Morgan fingerprint density at radius 2 is 1.91 bits per heavy atom. The molecule has 5 heteroatoms. The first-order chi connectivity index (χ1) is 5.00. The lowest BCUT2D eigenvalue weighted by atomic mass is 9.96. The molecule has 0 aromatic carbocycles. The number of piperidine rings is 1. The Kier molecular flexibility index (Phi) is 2.39. The Balaban J connectivity index is 2.46. The molecule has 1 fully saturated rings. The molecule has 0 aromatic heterocycles. The van der Waals surface area contributed by atoms with E-state index in [2.05, 4.69) is 5.32 Å². The molecule has 1 aliphatic rings. The van der Waals surface area contributed by atoms with Crippen LogP contribution in [0.1, 0.15) is 6.42 Å². The number of hydrogen-bond acceptors (Lipinski definition) is 2. The van der Waals surface area contributed by atoms with Crippen LogP contribution in [0.15, 0.2) is 0 Å². The molecular formula is C6H11F3N2. The summed E-state index contributed by atoms with van der Waals surface area (Å²) in [5.74, 6) is -1.26. The molecule has 0 aromatic rings. The fraction of sp³-hybridized carbons (Fsp3) is 1.00. The van der Waals surface area contributed by atoms with Gasteiger partial charge in [0.2, 0.25) is 0 Å². The summed E-state index contributed by atoms with van der Waals surface area (Å²) in [5, 5.41) is 2.65. The van der Waals surface area contributed by atoms with Crippen LogP contribution in [0.25, 0.3) is 0 Å². The number of halogens is 3. The Morgan fingerprint density at radius 1 is 1.27 bits per heavy atom. The maximum Gasteiger partial charge on any atom is 0.393 e. The van der Waals surface area contributed by atoms with Crippen LogP contribution in [-0.4, -0.2) is 25.3 Å². The van der Waals surface area contributed by atoms with Crippen LogP contribution in [0, 0.1) is 5.92 Å². The number of alkyl halides is 3. The molecule has 1 heterocycles. The minimum Gasteiger partial charge on any atom is -0.327 e. The van der Waals surface area contributed by atoms with Gasteiger partial charge in [-0.1, -0.05) is 0 Å². The molecule has 0 spiro atoms. The van der Waals surface area contributed by atoms with Crippen molar-refractivity contribution >= 4 is 0 Å². The van der Waals surface area contributed by atoms with Crippen molar-refractivity contribution in [1.29, 1.82) is 0 Å². The molecule has 2 nitrogen and oxygen atoms in total. The molecular weight excluding hydrogens is 157 g/mol. The third-order valence-corrected chi connectivity index (χ3v) is 1.85. The molecule has 1 aliphatic heterocycles. The highest BCUT2D eigenvalue weighted by Crippen LogP contribution is 2.30. The number of nitrogens with one attached hydrogen (secondary N) is 1. The first-order valence-corrected chi connectivity index (χ1v) is 3.53. The molecule has 66 valence electrons. The normalized spacial score (nSPS) is 33.8. The molecule has 3 N–H and O–H groups in total. The first kappa shape index (κ1) is 8.80. The summed E-state index contributed by atoms with van der Waals surface area (Å²) < 4.78 is 36.1. The second-order valence-electron chi connectivity index (χ2n) is 2.89. The number of rotatable bonds is 0. The minimum absolute atomic E-state index is 0.0111. The van der Waals surface area contributed by atoms with Gasteiger partial charge in [-0.25, -0.2) is 0 Å². The van der Waals surface area contributed by atoms with Crippen LogP contribution < -0.4 is 11.1 Å². The molecule has 0 bridgehead atoms. The Morgan fingerprint density at radius 3 is 2.27 bits per heavy atom. The van der Waals surface area contributed by atoms with Crippen LogP contribution in [0.4, 0.5) is 13.2 Å². The predicted molar refractivity (Wildman–Crippen MR) is 35.0 cm³/mol. The molecule has 0 unspecified atom stereocenters. The first-order valence-electron chi connectivity index (χ1n) is 3.53. The average Bonchev–Trinajstić information content (AvgIpc) is 1.86. The number of nitrogens with two attached hydrogens (primary N) is 1. The van der Waals surface area contributed by atoms with Gasteiger partial charge in [0.15, 0.2) is 0 Å². The summed E-state index contributed by atoms with van der Waals surface area (Å²) in [6.45, 7) is 0.504. The van der Waals surface area contributed by atoms with Gasteiger partial charge in [0.05, 0.1) is 5.92 Å². The van der Waals surface area contributed by atoms with E-state index in [1.807, 2.05) is 0 Å². The van der Waals surface area contributed by atoms with Gasteiger partial charge in [0, 0.05) is 19.1 Å². The lowest BCUT2D eigenvalue weighted by Gasteiger charge is -2.28.